The molecule has 2 aromatic carbocycles. The Morgan fingerprint density at radius 1 is 1.20 bits per heavy atom. The Morgan fingerprint density at radius 2 is 1.90 bits per heavy atom. The molecule has 106 valence electrons. The van der Waals surface area contributed by atoms with Gasteiger partial charge in [-0.05, 0) is 43.2 Å². The molecule has 0 aliphatic carbocycles. The lowest BCUT2D eigenvalue weighted by Crippen LogP contribution is -2.25. The van der Waals surface area contributed by atoms with E-state index in [-0.39, 0.29) is 5.82 Å². The van der Waals surface area contributed by atoms with E-state index in [1.807, 2.05) is 31.2 Å². The summed E-state index contributed by atoms with van der Waals surface area (Å²) in [5, 5.41) is 10.8. The molecule has 0 radical (unpaired) electrons. The molecule has 0 aliphatic rings. The summed E-state index contributed by atoms with van der Waals surface area (Å²) in [6, 6.07) is 12.0. The second kappa shape index (κ2) is 5.63. The molecule has 3 heteroatoms. The number of methoxy groups -OCH3 is 1. The van der Waals surface area contributed by atoms with Crippen LogP contribution in [0.4, 0.5) is 4.39 Å². The van der Waals surface area contributed by atoms with E-state index >= 15 is 0 Å². The van der Waals surface area contributed by atoms with E-state index in [1.54, 1.807) is 20.1 Å². The first-order chi connectivity index (χ1) is 9.44. The topological polar surface area (TPSA) is 29.5 Å². The fourth-order valence-corrected chi connectivity index (χ4v) is 2.39. The van der Waals surface area contributed by atoms with Crippen molar-refractivity contribution in [3.8, 4) is 5.75 Å². The van der Waals surface area contributed by atoms with E-state index in [2.05, 4.69) is 0 Å². The summed E-state index contributed by atoms with van der Waals surface area (Å²) in [6.45, 7) is 3.63. The third-order valence-electron chi connectivity index (χ3n) is 3.53. The molecular formula is C17H19FO2. The van der Waals surface area contributed by atoms with E-state index in [9.17, 15) is 9.50 Å². The molecule has 0 spiro atoms. The SMILES string of the molecule is COc1ccccc1C(C)(O)Cc1cc(F)ccc1C. The van der Waals surface area contributed by atoms with Gasteiger partial charge in [0.15, 0.2) is 0 Å². The smallest absolute Gasteiger partial charge is 0.124 e. The molecule has 0 amide bonds. The molecule has 2 aromatic rings. The summed E-state index contributed by atoms with van der Waals surface area (Å²) in [4.78, 5) is 0. The van der Waals surface area contributed by atoms with Crippen molar-refractivity contribution in [2.75, 3.05) is 7.11 Å². The zero-order valence-corrected chi connectivity index (χ0v) is 12.0. The van der Waals surface area contributed by atoms with Crippen molar-refractivity contribution in [2.45, 2.75) is 25.9 Å². The highest BCUT2D eigenvalue weighted by molar-refractivity contribution is 5.39. The van der Waals surface area contributed by atoms with Crippen LogP contribution in [-0.2, 0) is 12.0 Å². The summed E-state index contributed by atoms with van der Waals surface area (Å²) < 4.78 is 18.7. The lowest BCUT2D eigenvalue weighted by atomic mass is 9.87. The maximum absolute atomic E-state index is 13.4. The van der Waals surface area contributed by atoms with Crippen LogP contribution < -0.4 is 4.74 Å². The fourth-order valence-electron chi connectivity index (χ4n) is 2.39. The zero-order valence-electron chi connectivity index (χ0n) is 12.0. The summed E-state index contributed by atoms with van der Waals surface area (Å²) in [5.41, 5.74) is 1.33. The summed E-state index contributed by atoms with van der Waals surface area (Å²) in [7, 11) is 1.57. The maximum atomic E-state index is 13.4. The van der Waals surface area contributed by atoms with E-state index in [0.717, 1.165) is 11.1 Å². The summed E-state index contributed by atoms with van der Waals surface area (Å²) >= 11 is 0. The van der Waals surface area contributed by atoms with Gasteiger partial charge in [0, 0.05) is 12.0 Å². The van der Waals surface area contributed by atoms with Gasteiger partial charge in [-0.2, -0.15) is 0 Å². The molecule has 0 heterocycles. The monoisotopic (exact) mass is 274 g/mol. The molecule has 1 N–H and O–H groups in total. The average molecular weight is 274 g/mol. The Hall–Kier alpha value is -1.87. The van der Waals surface area contributed by atoms with Crippen LogP contribution in [0.2, 0.25) is 0 Å². The number of hydrogen-bond donors (Lipinski definition) is 1. The van der Waals surface area contributed by atoms with Gasteiger partial charge in [0.1, 0.15) is 11.6 Å². The molecular weight excluding hydrogens is 255 g/mol. The molecule has 2 rings (SSSR count). The number of para-hydroxylation sites is 1. The number of halogens is 1. The van der Waals surface area contributed by atoms with Gasteiger partial charge >= 0.3 is 0 Å². The normalized spacial score (nSPS) is 13.8. The second-order valence-corrected chi connectivity index (χ2v) is 5.22. The molecule has 1 atom stereocenters. The van der Waals surface area contributed by atoms with Gasteiger partial charge in [-0.3, -0.25) is 0 Å². The van der Waals surface area contributed by atoms with Gasteiger partial charge in [0.2, 0.25) is 0 Å². The standard InChI is InChI=1S/C17H19FO2/c1-12-8-9-14(18)10-13(12)11-17(2,19)15-6-4-5-7-16(15)20-3/h4-10,19H,11H2,1-3H3. The van der Waals surface area contributed by atoms with Crippen LogP contribution in [0.1, 0.15) is 23.6 Å². The van der Waals surface area contributed by atoms with Gasteiger partial charge < -0.3 is 9.84 Å². The highest BCUT2D eigenvalue weighted by Crippen LogP contribution is 2.33. The highest BCUT2D eigenvalue weighted by Gasteiger charge is 2.27. The van der Waals surface area contributed by atoms with Crippen LogP contribution in [0.15, 0.2) is 42.5 Å². The molecule has 0 saturated heterocycles. The van der Waals surface area contributed by atoms with Crippen molar-refractivity contribution in [3.63, 3.8) is 0 Å². The predicted molar refractivity (Wildman–Crippen MR) is 77.4 cm³/mol. The number of aliphatic hydroxyl groups is 1. The van der Waals surface area contributed by atoms with Gasteiger partial charge in [0.05, 0.1) is 12.7 Å². The third-order valence-corrected chi connectivity index (χ3v) is 3.53. The van der Waals surface area contributed by atoms with Crippen LogP contribution in [0.3, 0.4) is 0 Å². The molecule has 1 unspecified atom stereocenters. The highest BCUT2D eigenvalue weighted by atomic mass is 19.1. The van der Waals surface area contributed by atoms with Gasteiger partial charge in [-0.25, -0.2) is 4.39 Å². The quantitative estimate of drug-likeness (QED) is 0.923. The Bertz CT molecular complexity index is 606. The van der Waals surface area contributed by atoms with Crippen LogP contribution in [0.5, 0.6) is 5.75 Å². The average Bonchev–Trinajstić information content (AvgIpc) is 2.42. The Morgan fingerprint density at radius 3 is 2.60 bits per heavy atom. The van der Waals surface area contributed by atoms with Gasteiger partial charge in [0.25, 0.3) is 0 Å². The third kappa shape index (κ3) is 2.99. The summed E-state index contributed by atoms with van der Waals surface area (Å²) in [5.74, 6) is 0.341. The van der Waals surface area contributed by atoms with E-state index in [1.165, 1.54) is 12.1 Å². The molecule has 0 aromatic heterocycles. The Balaban J connectivity index is 2.37. The molecule has 0 fully saturated rings. The Labute approximate surface area is 118 Å². The van der Waals surface area contributed by atoms with Crippen molar-refractivity contribution in [1.82, 2.24) is 0 Å². The van der Waals surface area contributed by atoms with Crippen LogP contribution >= 0.6 is 0 Å². The largest absolute Gasteiger partial charge is 0.496 e. The van der Waals surface area contributed by atoms with Crippen molar-refractivity contribution >= 4 is 0 Å². The molecule has 2 nitrogen and oxygen atoms in total. The van der Waals surface area contributed by atoms with Crippen LogP contribution in [-0.4, -0.2) is 12.2 Å². The van der Waals surface area contributed by atoms with Crippen molar-refractivity contribution in [1.29, 1.82) is 0 Å². The minimum absolute atomic E-state index is 0.290. The lowest BCUT2D eigenvalue weighted by molar-refractivity contribution is 0.0547. The first-order valence-corrected chi connectivity index (χ1v) is 6.55. The molecule has 20 heavy (non-hydrogen) atoms. The maximum Gasteiger partial charge on any atom is 0.124 e. The second-order valence-electron chi connectivity index (χ2n) is 5.22. The summed E-state index contributed by atoms with van der Waals surface area (Å²) in [6.07, 6.45) is 0.330. The molecule has 0 saturated carbocycles. The number of aryl methyl sites for hydroxylation is 1. The van der Waals surface area contributed by atoms with E-state index < -0.39 is 5.60 Å². The van der Waals surface area contributed by atoms with Crippen LogP contribution in [0, 0.1) is 12.7 Å². The zero-order chi connectivity index (χ0) is 14.8. The first kappa shape index (κ1) is 14.5. The number of ether oxygens (including phenoxy) is 1. The van der Waals surface area contributed by atoms with E-state index in [0.29, 0.717) is 17.7 Å². The van der Waals surface area contributed by atoms with Crippen molar-refractivity contribution < 1.29 is 14.2 Å². The minimum Gasteiger partial charge on any atom is -0.496 e. The van der Waals surface area contributed by atoms with Gasteiger partial charge in [-0.15, -0.1) is 0 Å². The number of benzene rings is 2. The van der Waals surface area contributed by atoms with Gasteiger partial charge in [-0.1, -0.05) is 24.3 Å². The predicted octanol–water partition coefficient (Wildman–Crippen LogP) is 3.59. The minimum atomic E-state index is -1.12. The van der Waals surface area contributed by atoms with Crippen molar-refractivity contribution in [2.24, 2.45) is 0 Å². The fraction of sp³-hybridized carbons (Fsp3) is 0.294. The first-order valence-electron chi connectivity index (χ1n) is 6.55. The van der Waals surface area contributed by atoms with Crippen molar-refractivity contribution in [3.05, 3.63) is 65.0 Å². The molecule has 0 bridgehead atoms. The molecule has 0 aliphatic heterocycles. The number of rotatable bonds is 4. The number of hydrogen-bond acceptors (Lipinski definition) is 2. The van der Waals surface area contributed by atoms with Crippen LogP contribution in [0.25, 0.3) is 0 Å². The van der Waals surface area contributed by atoms with E-state index in [4.69, 9.17) is 4.74 Å². The Kier molecular flexibility index (Phi) is 4.09. The lowest BCUT2D eigenvalue weighted by Gasteiger charge is -2.26.